The van der Waals surface area contributed by atoms with Crippen LogP contribution in [-0.2, 0) is 7.05 Å². The number of carbonyl (C=O) groups is 2. The molecule has 0 saturated carbocycles. The molecule has 2 aromatic rings. The highest BCUT2D eigenvalue weighted by Crippen LogP contribution is 2.19. The molecule has 0 spiro atoms. The zero-order valence-corrected chi connectivity index (χ0v) is 14.9. The molecule has 26 heavy (non-hydrogen) atoms. The maximum absolute atomic E-state index is 13.9. The van der Waals surface area contributed by atoms with E-state index in [1.165, 1.54) is 19.2 Å². The van der Waals surface area contributed by atoms with Crippen LogP contribution in [0.4, 0.5) is 4.39 Å². The van der Waals surface area contributed by atoms with E-state index in [1.54, 1.807) is 28.1 Å². The van der Waals surface area contributed by atoms with E-state index in [2.05, 4.69) is 0 Å². The number of ether oxygens (including phenoxy) is 1. The molecule has 7 heteroatoms. The molecule has 0 atom stereocenters. The highest BCUT2D eigenvalue weighted by atomic mass is 19.1. The quantitative estimate of drug-likeness (QED) is 0.844. The van der Waals surface area contributed by atoms with E-state index >= 15 is 0 Å². The average molecular weight is 359 g/mol. The molecule has 3 rings (SSSR count). The number of methoxy groups -OCH3 is 1. The van der Waals surface area contributed by atoms with Crippen LogP contribution in [0.2, 0.25) is 0 Å². The summed E-state index contributed by atoms with van der Waals surface area (Å²) in [6.07, 6.45) is 4.30. The molecule has 1 aliphatic rings. The van der Waals surface area contributed by atoms with Crippen molar-refractivity contribution in [2.75, 3.05) is 33.3 Å². The third-order valence-electron chi connectivity index (χ3n) is 4.55. The molecule has 0 radical (unpaired) electrons. The first kappa shape index (κ1) is 18.0. The number of nitrogens with zero attached hydrogens (tertiary/aromatic N) is 3. The number of carbonyl (C=O) groups excluding carboxylic acids is 2. The Labute approximate surface area is 151 Å². The van der Waals surface area contributed by atoms with E-state index in [0.29, 0.717) is 38.2 Å². The molecule has 2 heterocycles. The SMILES string of the molecule is COc1ccc(C(=O)N2CCCN(C(=O)c3ccn(C)c3)CC2)cc1F. The topological polar surface area (TPSA) is 54.8 Å². The number of aryl methyl sites for hydroxylation is 1. The van der Waals surface area contributed by atoms with Crippen molar-refractivity contribution >= 4 is 11.8 Å². The summed E-state index contributed by atoms with van der Waals surface area (Å²) in [6, 6.07) is 5.99. The molecule has 0 unspecified atom stereocenters. The Morgan fingerprint density at radius 3 is 2.19 bits per heavy atom. The highest BCUT2D eigenvalue weighted by molar-refractivity contribution is 5.95. The largest absolute Gasteiger partial charge is 0.494 e. The summed E-state index contributed by atoms with van der Waals surface area (Å²) in [6.45, 7) is 2.00. The van der Waals surface area contributed by atoms with Gasteiger partial charge in [0.25, 0.3) is 11.8 Å². The van der Waals surface area contributed by atoms with Crippen LogP contribution in [0.3, 0.4) is 0 Å². The van der Waals surface area contributed by atoms with E-state index in [1.807, 2.05) is 17.8 Å². The molecule has 2 amide bonds. The van der Waals surface area contributed by atoms with Gasteiger partial charge in [-0.1, -0.05) is 0 Å². The van der Waals surface area contributed by atoms with E-state index < -0.39 is 5.82 Å². The molecule has 138 valence electrons. The summed E-state index contributed by atoms with van der Waals surface area (Å²) in [5.74, 6) is -0.720. The zero-order valence-electron chi connectivity index (χ0n) is 14.9. The van der Waals surface area contributed by atoms with Gasteiger partial charge in [0.15, 0.2) is 11.6 Å². The fourth-order valence-corrected chi connectivity index (χ4v) is 3.12. The average Bonchev–Trinajstić information content (AvgIpc) is 2.92. The highest BCUT2D eigenvalue weighted by Gasteiger charge is 2.24. The number of rotatable bonds is 3. The van der Waals surface area contributed by atoms with E-state index in [9.17, 15) is 14.0 Å². The normalized spacial score (nSPS) is 14.9. The molecule has 6 nitrogen and oxygen atoms in total. The third-order valence-corrected chi connectivity index (χ3v) is 4.55. The Balaban J connectivity index is 1.67. The number of halogens is 1. The molecule has 0 bridgehead atoms. The summed E-state index contributed by atoms with van der Waals surface area (Å²) >= 11 is 0. The van der Waals surface area contributed by atoms with Gasteiger partial charge in [0, 0.05) is 51.2 Å². The predicted octanol–water partition coefficient (Wildman–Crippen LogP) is 2.16. The second-order valence-electron chi connectivity index (χ2n) is 6.35. The van der Waals surface area contributed by atoms with Crippen molar-refractivity contribution in [1.82, 2.24) is 14.4 Å². The van der Waals surface area contributed by atoms with E-state index in [-0.39, 0.29) is 23.1 Å². The molecule has 1 aromatic heterocycles. The predicted molar refractivity (Wildman–Crippen MR) is 94.8 cm³/mol. The first-order chi connectivity index (χ1) is 12.5. The first-order valence-electron chi connectivity index (χ1n) is 8.53. The standard InChI is InChI=1S/C19H22FN3O3/c1-21-9-6-15(13-21)19(25)23-8-3-7-22(10-11-23)18(24)14-4-5-17(26-2)16(20)12-14/h4-6,9,12-13H,3,7-8,10-11H2,1-2H3. The minimum absolute atomic E-state index is 0.0320. The molecular weight excluding hydrogens is 337 g/mol. The summed E-state index contributed by atoms with van der Waals surface area (Å²) in [7, 11) is 3.25. The second-order valence-corrected chi connectivity index (χ2v) is 6.35. The van der Waals surface area contributed by atoms with Crippen molar-refractivity contribution in [3.8, 4) is 5.75 Å². The van der Waals surface area contributed by atoms with E-state index in [4.69, 9.17) is 4.74 Å². The third kappa shape index (κ3) is 3.71. The van der Waals surface area contributed by atoms with Gasteiger partial charge in [-0.05, 0) is 30.7 Å². The lowest BCUT2D eigenvalue weighted by Crippen LogP contribution is -2.37. The van der Waals surface area contributed by atoms with Gasteiger partial charge in [-0.25, -0.2) is 4.39 Å². The molecule has 1 fully saturated rings. The van der Waals surface area contributed by atoms with Gasteiger partial charge in [0.2, 0.25) is 0 Å². The fraction of sp³-hybridized carbons (Fsp3) is 0.368. The molecule has 1 aromatic carbocycles. The summed E-state index contributed by atoms with van der Waals surface area (Å²) in [5.41, 5.74) is 0.927. The zero-order chi connectivity index (χ0) is 18.7. The Kier molecular flexibility index (Phi) is 5.25. The Morgan fingerprint density at radius 2 is 1.65 bits per heavy atom. The number of hydrogen-bond acceptors (Lipinski definition) is 3. The second kappa shape index (κ2) is 7.59. The van der Waals surface area contributed by atoms with Gasteiger partial charge in [-0.3, -0.25) is 9.59 Å². The van der Waals surface area contributed by atoms with E-state index in [0.717, 1.165) is 0 Å². The fourth-order valence-electron chi connectivity index (χ4n) is 3.12. The van der Waals surface area contributed by atoms with Crippen LogP contribution in [0.25, 0.3) is 0 Å². The number of hydrogen-bond donors (Lipinski definition) is 0. The monoisotopic (exact) mass is 359 g/mol. The van der Waals surface area contributed by atoms with Gasteiger partial charge < -0.3 is 19.1 Å². The van der Waals surface area contributed by atoms with Crippen LogP contribution in [-0.4, -0.2) is 59.5 Å². The smallest absolute Gasteiger partial charge is 0.255 e. The van der Waals surface area contributed by atoms with Crippen molar-refractivity contribution < 1.29 is 18.7 Å². The van der Waals surface area contributed by atoms with Crippen LogP contribution in [0.5, 0.6) is 5.75 Å². The van der Waals surface area contributed by atoms with Gasteiger partial charge >= 0.3 is 0 Å². The van der Waals surface area contributed by atoms with Gasteiger partial charge in [-0.2, -0.15) is 0 Å². The molecule has 1 aliphatic heterocycles. The Hall–Kier alpha value is -2.83. The Bertz CT molecular complexity index is 818. The van der Waals surface area contributed by atoms with Crippen molar-refractivity contribution in [3.05, 3.63) is 53.6 Å². The molecular formula is C19H22FN3O3. The lowest BCUT2D eigenvalue weighted by Gasteiger charge is -2.22. The van der Waals surface area contributed by atoms with Crippen molar-refractivity contribution in [3.63, 3.8) is 0 Å². The van der Waals surface area contributed by atoms with Crippen molar-refractivity contribution in [2.45, 2.75) is 6.42 Å². The van der Waals surface area contributed by atoms with Crippen LogP contribution in [0, 0.1) is 5.82 Å². The minimum Gasteiger partial charge on any atom is -0.494 e. The lowest BCUT2D eigenvalue weighted by atomic mass is 10.1. The van der Waals surface area contributed by atoms with Gasteiger partial charge in [0.1, 0.15) is 0 Å². The van der Waals surface area contributed by atoms with Crippen molar-refractivity contribution in [1.29, 1.82) is 0 Å². The van der Waals surface area contributed by atoms with Crippen LogP contribution in [0.15, 0.2) is 36.7 Å². The van der Waals surface area contributed by atoms with Crippen LogP contribution < -0.4 is 4.74 Å². The summed E-state index contributed by atoms with van der Waals surface area (Å²) in [5, 5.41) is 0. The maximum atomic E-state index is 13.9. The van der Waals surface area contributed by atoms with Gasteiger partial charge in [-0.15, -0.1) is 0 Å². The lowest BCUT2D eigenvalue weighted by molar-refractivity contribution is 0.0718. The summed E-state index contributed by atoms with van der Waals surface area (Å²) < 4.78 is 20.6. The summed E-state index contributed by atoms with van der Waals surface area (Å²) in [4.78, 5) is 28.7. The number of aromatic nitrogens is 1. The molecule has 1 saturated heterocycles. The molecule has 0 aliphatic carbocycles. The maximum Gasteiger partial charge on any atom is 0.255 e. The number of amides is 2. The first-order valence-corrected chi connectivity index (χ1v) is 8.53. The minimum atomic E-state index is -0.561. The Morgan fingerprint density at radius 1 is 1.00 bits per heavy atom. The van der Waals surface area contributed by atoms with Crippen LogP contribution >= 0.6 is 0 Å². The van der Waals surface area contributed by atoms with Gasteiger partial charge in [0.05, 0.1) is 12.7 Å². The van der Waals surface area contributed by atoms with Crippen molar-refractivity contribution in [2.24, 2.45) is 7.05 Å². The number of benzene rings is 1. The van der Waals surface area contributed by atoms with Crippen LogP contribution in [0.1, 0.15) is 27.1 Å². The molecule has 0 N–H and O–H groups in total.